The number of rotatable bonds is 5. The zero-order chi connectivity index (χ0) is 17.8. The van der Waals surface area contributed by atoms with Crippen molar-refractivity contribution in [2.24, 2.45) is 0 Å². The normalized spacial score (nSPS) is 13.9. The van der Waals surface area contributed by atoms with Crippen LogP contribution in [-0.2, 0) is 20.7 Å². The third-order valence-corrected chi connectivity index (χ3v) is 4.25. The Morgan fingerprint density at radius 1 is 1.12 bits per heavy atom. The minimum absolute atomic E-state index is 0.214. The van der Waals surface area contributed by atoms with Crippen LogP contribution in [0.15, 0.2) is 48.5 Å². The van der Waals surface area contributed by atoms with Crippen LogP contribution in [0.5, 0.6) is 5.75 Å². The Morgan fingerprint density at radius 3 is 2.64 bits per heavy atom. The van der Waals surface area contributed by atoms with Crippen molar-refractivity contribution in [3.8, 4) is 5.75 Å². The van der Waals surface area contributed by atoms with Gasteiger partial charge in [-0.15, -0.1) is 0 Å². The van der Waals surface area contributed by atoms with E-state index in [9.17, 15) is 9.59 Å². The van der Waals surface area contributed by atoms with Crippen molar-refractivity contribution >= 4 is 17.6 Å². The smallest absolute Gasteiger partial charge is 0.344 e. The molecule has 25 heavy (non-hydrogen) atoms. The Kier molecular flexibility index (Phi) is 5.03. The zero-order valence-corrected chi connectivity index (χ0v) is 14.4. The summed E-state index contributed by atoms with van der Waals surface area (Å²) in [5.74, 6) is -0.141. The van der Waals surface area contributed by atoms with Crippen LogP contribution in [0.4, 0.5) is 5.69 Å². The van der Waals surface area contributed by atoms with Gasteiger partial charge in [0.1, 0.15) is 5.75 Å². The summed E-state index contributed by atoms with van der Waals surface area (Å²) in [5, 5.41) is 0. The van der Waals surface area contributed by atoms with Crippen molar-refractivity contribution in [1.82, 2.24) is 0 Å². The van der Waals surface area contributed by atoms with Crippen LogP contribution < -0.4 is 9.64 Å². The predicted octanol–water partition coefficient (Wildman–Crippen LogP) is 2.89. The predicted molar refractivity (Wildman–Crippen MR) is 94.7 cm³/mol. The van der Waals surface area contributed by atoms with Gasteiger partial charge in [0.2, 0.25) is 0 Å². The van der Waals surface area contributed by atoms with Crippen molar-refractivity contribution in [3.05, 3.63) is 59.7 Å². The minimum atomic E-state index is -0.848. The fraction of sp³-hybridized carbons (Fsp3) is 0.300. The molecule has 1 heterocycles. The first-order valence-electron chi connectivity index (χ1n) is 8.33. The summed E-state index contributed by atoms with van der Waals surface area (Å²) in [6.45, 7) is 3.88. The van der Waals surface area contributed by atoms with Gasteiger partial charge in [-0.3, -0.25) is 4.79 Å². The summed E-state index contributed by atoms with van der Waals surface area (Å²) in [6.07, 6.45) is -0.0296. The van der Waals surface area contributed by atoms with Gasteiger partial charge in [-0.05, 0) is 43.5 Å². The Hall–Kier alpha value is -2.82. The van der Waals surface area contributed by atoms with Gasteiger partial charge < -0.3 is 14.4 Å². The Balaban J connectivity index is 1.55. The maximum Gasteiger partial charge on any atom is 0.344 e. The number of hydrogen-bond donors (Lipinski definition) is 0. The molecule has 130 valence electrons. The number of para-hydroxylation sites is 2. The molecule has 5 nitrogen and oxygen atoms in total. The van der Waals surface area contributed by atoms with Crippen LogP contribution in [0, 0.1) is 6.92 Å². The SMILES string of the molecule is Cc1ccccc1OCC(=O)O[C@H](C)C(=O)N1CCc2ccccc21. The first-order chi connectivity index (χ1) is 12.1. The van der Waals surface area contributed by atoms with Gasteiger partial charge in [0.15, 0.2) is 12.7 Å². The molecular formula is C20H21NO4. The molecular weight excluding hydrogens is 318 g/mol. The van der Waals surface area contributed by atoms with E-state index in [0.717, 1.165) is 23.2 Å². The summed E-state index contributed by atoms with van der Waals surface area (Å²) >= 11 is 0. The number of hydrogen-bond acceptors (Lipinski definition) is 4. The van der Waals surface area contributed by atoms with Crippen LogP contribution in [0.25, 0.3) is 0 Å². The summed E-state index contributed by atoms with van der Waals surface area (Å²) in [6, 6.07) is 15.2. The van der Waals surface area contributed by atoms with E-state index >= 15 is 0 Å². The molecule has 0 saturated heterocycles. The van der Waals surface area contributed by atoms with E-state index in [1.807, 2.05) is 49.4 Å². The van der Waals surface area contributed by atoms with Gasteiger partial charge in [0, 0.05) is 12.2 Å². The molecule has 0 unspecified atom stereocenters. The standard InChI is InChI=1S/C20H21NO4/c1-14-7-3-6-10-18(14)24-13-19(22)25-15(2)20(23)21-12-11-16-8-4-5-9-17(16)21/h3-10,15H,11-13H2,1-2H3/t15-/m1/s1. The number of fused-ring (bicyclic) bond motifs is 1. The van der Waals surface area contributed by atoms with E-state index in [1.54, 1.807) is 17.9 Å². The van der Waals surface area contributed by atoms with Crippen molar-refractivity contribution in [2.75, 3.05) is 18.1 Å². The fourth-order valence-electron chi connectivity index (χ4n) is 2.92. The molecule has 1 atom stereocenters. The lowest BCUT2D eigenvalue weighted by molar-refractivity contribution is -0.155. The number of amides is 1. The first kappa shape index (κ1) is 17.0. The first-order valence-corrected chi connectivity index (χ1v) is 8.33. The van der Waals surface area contributed by atoms with Crippen molar-refractivity contribution < 1.29 is 19.1 Å². The lowest BCUT2D eigenvalue weighted by Gasteiger charge is -2.21. The highest BCUT2D eigenvalue weighted by Gasteiger charge is 2.29. The zero-order valence-electron chi connectivity index (χ0n) is 14.4. The Morgan fingerprint density at radius 2 is 1.84 bits per heavy atom. The molecule has 0 aromatic heterocycles. The molecule has 0 spiro atoms. The van der Waals surface area contributed by atoms with E-state index < -0.39 is 12.1 Å². The molecule has 0 saturated carbocycles. The molecule has 1 aliphatic rings. The molecule has 3 rings (SSSR count). The monoisotopic (exact) mass is 339 g/mol. The average molecular weight is 339 g/mol. The van der Waals surface area contributed by atoms with E-state index in [4.69, 9.17) is 9.47 Å². The number of aryl methyl sites for hydroxylation is 1. The van der Waals surface area contributed by atoms with Crippen LogP contribution in [-0.4, -0.2) is 31.1 Å². The largest absolute Gasteiger partial charge is 0.482 e. The fourth-order valence-corrected chi connectivity index (χ4v) is 2.92. The Bertz CT molecular complexity index is 787. The molecule has 2 aromatic rings. The number of ether oxygens (including phenoxy) is 2. The number of esters is 1. The van der Waals surface area contributed by atoms with Crippen LogP contribution in [0.2, 0.25) is 0 Å². The van der Waals surface area contributed by atoms with Crippen LogP contribution >= 0.6 is 0 Å². The van der Waals surface area contributed by atoms with Crippen molar-refractivity contribution in [3.63, 3.8) is 0 Å². The third-order valence-electron chi connectivity index (χ3n) is 4.25. The molecule has 0 radical (unpaired) electrons. The molecule has 0 fully saturated rings. The second kappa shape index (κ2) is 7.38. The minimum Gasteiger partial charge on any atom is -0.482 e. The van der Waals surface area contributed by atoms with Gasteiger partial charge in [0.25, 0.3) is 5.91 Å². The molecule has 0 N–H and O–H groups in total. The van der Waals surface area contributed by atoms with Crippen molar-refractivity contribution in [1.29, 1.82) is 0 Å². The molecule has 0 aliphatic carbocycles. The average Bonchev–Trinajstić information content (AvgIpc) is 3.04. The number of carbonyl (C=O) groups excluding carboxylic acids is 2. The van der Waals surface area contributed by atoms with Crippen molar-refractivity contribution in [2.45, 2.75) is 26.4 Å². The second-order valence-corrected chi connectivity index (χ2v) is 6.05. The van der Waals surface area contributed by atoms with Crippen LogP contribution in [0.3, 0.4) is 0 Å². The number of carbonyl (C=O) groups is 2. The van der Waals surface area contributed by atoms with Gasteiger partial charge >= 0.3 is 5.97 Å². The lowest BCUT2D eigenvalue weighted by atomic mass is 10.2. The maximum atomic E-state index is 12.6. The highest BCUT2D eigenvalue weighted by atomic mass is 16.6. The molecule has 2 aromatic carbocycles. The van der Waals surface area contributed by atoms with Gasteiger partial charge in [-0.1, -0.05) is 36.4 Å². The molecule has 1 aliphatic heterocycles. The summed E-state index contributed by atoms with van der Waals surface area (Å²) in [4.78, 5) is 26.2. The van der Waals surface area contributed by atoms with Crippen LogP contribution in [0.1, 0.15) is 18.1 Å². The van der Waals surface area contributed by atoms with Gasteiger partial charge in [0.05, 0.1) is 0 Å². The quantitative estimate of drug-likeness (QED) is 0.786. The number of nitrogens with zero attached hydrogens (tertiary/aromatic N) is 1. The Labute approximate surface area is 147 Å². The van der Waals surface area contributed by atoms with E-state index in [-0.39, 0.29) is 12.5 Å². The van der Waals surface area contributed by atoms with Gasteiger partial charge in [-0.2, -0.15) is 0 Å². The highest BCUT2D eigenvalue weighted by molar-refractivity contribution is 5.99. The summed E-state index contributed by atoms with van der Waals surface area (Å²) < 4.78 is 10.7. The molecule has 1 amide bonds. The van der Waals surface area contributed by atoms with E-state index in [1.165, 1.54) is 0 Å². The molecule has 0 bridgehead atoms. The number of anilines is 1. The highest BCUT2D eigenvalue weighted by Crippen LogP contribution is 2.28. The number of benzene rings is 2. The topological polar surface area (TPSA) is 55.8 Å². The maximum absolute atomic E-state index is 12.6. The molecule has 5 heteroatoms. The summed E-state index contributed by atoms with van der Waals surface area (Å²) in [5.41, 5.74) is 2.97. The van der Waals surface area contributed by atoms with E-state index in [0.29, 0.717) is 12.3 Å². The second-order valence-electron chi connectivity index (χ2n) is 6.05. The van der Waals surface area contributed by atoms with E-state index in [2.05, 4.69) is 0 Å². The third kappa shape index (κ3) is 3.82. The lowest BCUT2D eigenvalue weighted by Crippen LogP contribution is -2.39. The van der Waals surface area contributed by atoms with Gasteiger partial charge in [-0.25, -0.2) is 4.79 Å². The summed E-state index contributed by atoms with van der Waals surface area (Å²) in [7, 11) is 0.